The molecule has 0 spiro atoms. The quantitative estimate of drug-likeness (QED) is 0.908. The third-order valence-corrected chi connectivity index (χ3v) is 4.21. The summed E-state index contributed by atoms with van der Waals surface area (Å²) >= 11 is 0. The molecule has 2 atom stereocenters. The van der Waals surface area contributed by atoms with Gasteiger partial charge >= 0.3 is 0 Å². The van der Waals surface area contributed by atoms with Crippen LogP contribution in [0.15, 0.2) is 6.07 Å². The smallest absolute Gasteiger partial charge is 0.0504 e. The Balaban J connectivity index is 2.31. The van der Waals surface area contributed by atoms with Gasteiger partial charge in [-0.25, -0.2) is 0 Å². The molecule has 0 amide bonds. The molecule has 3 nitrogen and oxygen atoms in total. The molecule has 1 aromatic rings. The Hall–Kier alpha value is -0.800. The van der Waals surface area contributed by atoms with E-state index in [1.807, 2.05) is 0 Å². The number of hydrogen-bond donors (Lipinski definition) is 1. The molecule has 2 rings (SSSR count). The Morgan fingerprint density at radius 1 is 1.53 bits per heavy atom. The number of hydrogen-bond acceptors (Lipinski definition) is 2. The lowest BCUT2D eigenvalue weighted by atomic mass is 9.74. The van der Waals surface area contributed by atoms with Crippen LogP contribution in [0.25, 0.3) is 0 Å². The second-order valence-corrected chi connectivity index (χ2v) is 7.01. The molecule has 0 aromatic carbocycles. The molecule has 0 fully saturated rings. The highest BCUT2D eigenvalue weighted by Gasteiger charge is 2.33. The molecule has 1 aliphatic rings. The Kier molecular flexibility index (Phi) is 4.07. The fourth-order valence-corrected chi connectivity index (χ4v) is 3.41. The normalized spacial score (nSPS) is 23.2. The van der Waals surface area contributed by atoms with Crippen LogP contribution in [0.5, 0.6) is 0 Å². The van der Waals surface area contributed by atoms with Gasteiger partial charge in [0.2, 0.25) is 0 Å². The van der Waals surface area contributed by atoms with Crippen LogP contribution in [0.2, 0.25) is 0 Å². The second kappa shape index (κ2) is 5.29. The molecule has 1 aromatic heterocycles. The van der Waals surface area contributed by atoms with Gasteiger partial charge in [0.05, 0.1) is 6.61 Å². The summed E-state index contributed by atoms with van der Waals surface area (Å²) in [5.74, 6) is 0.529. The summed E-state index contributed by atoms with van der Waals surface area (Å²) in [4.78, 5) is 0. The first kappa shape index (κ1) is 14.6. The molecule has 0 saturated heterocycles. The van der Waals surface area contributed by atoms with Crippen molar-refractivity contribution in [3.63, 3.8) is 0 Å². The summed E-state index contributed by atoms with van der Waals surface area (Å²) in [6.07, 6.45) is 2.21. The summed E-state index contributed by atoms with van der Waals surface area (Å²) in [6.45, 7) is 10.9. The number of rotatable bonds is 4. The Morgan fingerprint density at radius 3 is 2.84 bits per heavy atom. The van der Waals surface area contributed by atoms with Crippen molar-refractivity contribution in [1.82, 2.24) is 4.57 Å². The maximum absolute atomic E-state index is 6.36. The number of aromatic nitrogens is 1. The van der Waals surface area contributed by atoms with Gasteiger partial charge in [0, 0.05) is 31.1 Å². The van der Waals surface area contributed by atoms with Gasteiger partial charge in [0.25, 0.3) is 0 Å². The van der Waals surface area contributed by atoms with Gasteiger partial charge in [-0.2, -0.15) is 0 Å². The molecule has 0 aliphatic heterocycles. The van der Waals surface area contributed by atoms with Crippen molar-refractivity contribution in [1.29, 1.82) is 0 Å². The molecule has 0 radical (unpaired) electrons. The van der Waals surface area contributed by atoms with Crippen molar-refractivity contribution in [2.45, 2.75) is 53.1 Å². The van der Waals surface area contributed by atoms with Crippen molar-refractivity contribution < 1.29 is 4.74 Å². The van der Waals surface area contributed by atoms with E-state index in [1.165, 1.54) is 17.0 Å². The fourth-order valence-electron chi connectivity index (χ4n) is 3.41. The van der Waals surface area contributed by atoms with Crippen LogP contribution in [-0.2, 0) is 17.7 Å². The van der Waals surface area contributed by atoms with Crippen molar-refractivity contribution in [3.8, 4) is 0 Å². The number of aryl methyl sites for hydroxylation is 1. The molecule has 3 heteroatoms. The van der Waals surface area contributed by atoms with Crippen LogP contribution in [0.4, 0.5) is 0 Å². The highest BCUT2D eigenvalue weighted by molar-refractivity contribution is 5.34. The zero-order valence-electron chi connectivity index (χ0n) is 13.0. The molecule has 108 valence electrons. The van der Waals surface area contributed by atoms with Crippen molar-refractivity contribution in [2.75, 3.05) is 13.7 Å². The minimum Gasteiger partial charge on any atom is -0.384 e. The predicted octanol–water partition coefficient (Wildman–Crippen LogP) is 3.05. The fraction of sp³-hybridized carbons (Fsp3) is 0.750. The van der Waals surface area contributed by atoms with Crippen molar-refractivity contribution in [3.05, 3.63) is 23.0 Å². The van der Waals surface area contributed by atoms with Crippen LogP contribution >= 0.6 is 0 Å². The van der Waals surface area contributed by atoms with Gasteiger partial charge in [0.1, 0.15) is 0 Å². The predicted molar refractivity (Wildman–Crippen MR) is 79.2 cm³/mol. The average Bonchev–Trinajstić information content (AvgIpc) is 2.56. The Labute approximate surface area is 117 Å². The maximum atomic E-state index is 6.36. The largest absolute Gasteiger partial charge is 0.384 e. The molecule has 1 aliphatic carbocycles. The minimum absolute atomic E-state index is 0.191. The SMILES string of the molecule is COCC(C)Cn1c(C)cc2c1CC(C)(C)CC2N. The summed E-state index contributed by atoms with van der Waals surface area (Å²) in [5, 5.41) is 0. The van der Waals surface area contributed by atoms with Crippen LogP contribution in [-0.4, -0.2) is 18.3 Å². The monoisotopic (exact) mass is 264 g/mol. The van der Waals surface area contributed by atoms with Crippen LogP contribution in [0.1, 0.15) is 50.2 Å². The zero-order valence-corrected chi connectivity index (χ0v) is 13.0. The van der Waals surface area contributed by atoms with Gasteiger partial charge < -0.3 is 15.0 Å². The van der Waals surface area contributed by atoms with Gasteiger partial charge in [-0.05, 0) is 42.7 Å². The van der Waals surface area contributed by atoms with E-state index in [4.69, 9.17) is 10.5 Å². The third kappa shape index (κ3) is 3.03. The second-order valence-electron chi connectivity index (χ2n) is 7.01. The number of methoxy groups -OCH3 is 1. The molecule has 19 heavy (non-hydrogen) atoms. The maximum Gasteiger partial charge on any atom is 0.0504 e. The highest BCUT2D eigenvalue weighted by Crippen LogP contribution is 2.41. The first-order valence-electron chi connectivity index (χ1n) is 7.27. The number of fused-ring (bicyclic) bond motifs is 1. The molecular formula is C16H28N2O. The third-order valence-electron chi connectivity index (χ3n) is 4.21. The molecule has 0 saturated carbocycles. The van der Waals surface area contributed by atoms with Crippen molar-refractivity contribution >= 4 is 0 Å². The summed E-state index contributed by atoms with van der Waals surface area (Å²) in [5.41, 5.74) is 10.8. The van der Waals surface area contributed by atoms with Crippen LogP contribution in [0, 0.1) is 18.3 Å². The van der Waals surface area contributed by atoms with Crippen LogP contribution < -0.4 is 5.73 Å². The lowest BCUT2D eigenvalue weighted by molar-refractivity contribution is 0.150. The molecule has 2 unspecified atom stereocenters. The first-order chi connectivity index (χ1) is 8.84. The summed E-state index contributed by atoms with van der Waals surface area (Å²) in [7, 11) is 1.77. The lowest BCUT2D eigenvalue weighted by Crippen LogP contribution is -2.31. The zero-order chi connectivity index (χ0) is 14.2. The average molecular weight is 264 g/mol. The summed E-state index contributed by atoms with van der Waals surface area (Å²) in [6, 6.07) is 2.48. The van der Waals surface area contributed by atoms with Gasteiger partial charge in [-0.3, -0.25) is 0 Å². The van der Waals surface area contributed by atoms with Crippen molar-refractivity contribution in [2.24, 2.45) is 17.1 Å². The van der Waals surface area contributed by atoms with E-state index >= 15 is 0 Å². The molecule has 1 heterocycles. The molecule has 2 N–H and O–H groups in total. The molecular weight excluding hydrogens is 236 g/mol. The van der Waals surface area contributed by atoms with E-state index in [0.29, 0.717) is 11.3 Å². The standard InChI is InChI=1S/C16H28N2O/c1-11(10-19-5)9-18-12(2)6-13-14(17)7-16(3,4)8-15(13)18/h6,11,14H,7-10,17H2,1-5H3. The first-order valence-corrected chi connectivity index (χ1v) is 7.27. The van der Waals surface area contributed by atoms with Gasteiger partial charge in [-0.15, -0.1) is 0 Å². The summed E-state index contributed by atoms with van der Waals surface area (Å²) < 4.78 is 7.72. The Morgan fingerprint density at radius 2 is 2.21 bits per heavy atom. The topological polar surface area (TPSA) is 40.2 Å². The van der Waals surface area contributed by atoms with E-state index in [-0.39, 0.29) is 6.04 Å². The number of ether oxygens (including phenoxy) is 1. The minimum atomic E-state index is 0.191. The van der Waals surface area contributed by atoms with Crippen LogP contribution in [0.3, 0.4) is 0 Å². The van der Waals surface area contributed by atoms with E-state index < -0.39 is 0 Å². The van der Waals surface area contributed by atoms with E-state index in [1.54, 1.807) is 7.11 Å². The number of nitrogens with zero attached hydrogens (tertiary/aromatic N) is 1. The van der Waals surface area contributed by atoms with E-state index in [2.05, 4.69) is 38.3 Å². The lowest BCUT2D eigenvalue weighted by Gasteiger charge is -2.35. The molecule has 0 bridgehead atoms. The Bertz CT molecular complexity index is 448. The highest BCUT2D eigenvalue weighted by atomic mass is 16.5. The van der Waals surface area contributed by atoms with Gasteiger partial charge in [-0.1, -0.05) is 20.8 Å². The van der Waals surface area contributed by atoms with E-state index in [9.17, 15) is 0 Å². The van der Waals surface area contributed by atoms with Gasteiger partial charge in [0.15, 0.2) is 0 Å². The van der Waals surface area contributed by atoms with E-state index in [0.717, 1.165) is 26.0 Å². The number of nitrogens with two attached hydrogens (primary N) is 1.